The minimum Gasteiger partial charge on any atom is -0.376 e. The second-order valence-corrected chi connectivity index (χ2v) is 5.04. The minimum absolute atomic E-state index is 0.301. The zero-order valence-corrected chi connectivity index (χ0v) is 11.6. The summed E-state index contributed by atoms with van der Waals surface area (Å²) in [6.45, 7) is 3.09. The molecule has 2 heterocycles. The Balaban J connectivity index is 1.57. The predicted molar refractivity (Wildman–Crippen MR) is 74.8 cm³/mol. The van der Waals surface area contributed by atoms with E-state index in [1.165, 1.54) is 0 Å². The zero-order valence-electron chi connectivity index (χ0n) is 10.1. The largest absolute Gasteiger partial charge is 0.376 e. The molecule has 0 spiro atoms. The molecule has 0 saturated carbocycles. The van der Waals surface area contributed by atoms with Gasteiger partial charge in [-0.3, -0.25) is 4.68 Å². The maximum Gasteiger partial charge on any atom is 0.166 e. The summed E-state index contributed by atoms with van der Waals surface area (Å²) in [5.74, 6) is 0. The maximum atomic E-state index is 5.77. The summed E-state index contributed by atoms with van der Waals surface area (Å²) in [5.41, 5.74) is 0. The van der Waals surface area contributed by atoms with Crippen molar-refractivity contribution in [2.24, 2.45) is 0 Å². The van der Waals surface area contributed by atoms with Crippen LogP contribution >= 0.6 is 23.8 Å². The van der Waals surface area contributed by atoms with Crippen molar-refractivity contribution in [1.29, 1.82) is 0 Å². The topological polar surface area (TPSA) is 51.1 Å². The normalized spacial score (nSPS) is 18.8. The van der Waals surface area contributed by atoms with Gasteiger partial charge in [0.05, 0.1) is 23.9 Å². The number of hydrogen-bond donors (Lipinski definition) is 2. The summed E-state index contributed by atoms with van der Waals surface area (Å²) < 4.78 is 7.28. The molecule has 0 bridgehead atoms. The molecule has 1 saturated heterocycles. The highest BCUT2D eigenvalue weighted by Crippen LogP contribution is 2.10. The first kappa shape index (κ1) is 13.6. The monoisotopic (exact) mass is 288 g/mol. The Hall–Kier alpha value is -0.850. The average molecular weight is 289 g/mol. The Morgan fingerprint density at radius 1 is 1.61 bits per heavy atom. The molecule has 1 aromatic rings. The first-order chi connectivity index (χ1) is 8.74. The highest BCUT2D eigenvalue weighted by Gasteiger charge is 2.14. The molecule has 0 aromatic carbocycles. The van der Waals surface area contributed by atoms with Crippen molar-refractivity contribution in [3.8, 4) is 0 Å². The molecule has 18 heavy (non-hydrogen) atoms. The van der Waals surface area contributed by atoms with Crippen molar-refractivity contribution >= 4 is 28.9 Å². The molecule has 0 unspecified atom stereocenters. The molecule has 1 aromatic heterocycles. The molecule has 5 nitrogen and oxygen atoms in total. The third-order valence-electron chi connectivity index (χ3n) is 2.74. The first-order valence-corrected chi connectivity index (χ1v) is 6.84. The van der Waals surface area contributed by atoms with E-state index in [4.69, 9.17) is 28.6 Å². The molecule has 0 amide bonds. The highest BCUT2D eigenvalue weighted by molar-refractivity contribution is 7.80. The summed E-state index contributed by atoms with van der Waals surface area (Å²) in [5, 5.41) is 11.7. The summed E-state index contributed by atoms with van der Waals surface area (Å²) in [4.78, 5) is 0. The van der Waals surface area contributed by atoms with Gasteiger partial charge in [-0.25, -0.2) is 0 Å². The third-order valence-corrected chi connectivity index (χ3v) is 3.23. The lowest BCUT2D eigenvalue weighted by Gasteiger charge is -2.13. The van der Waals surface area contributed by atoms with Crippen LogP contribution in [0.3, 0.4) is 0 Å². The average Bonchev–Trinajstić information content (AvgIpc) is 2.98. The molecule has 0 radical (unpaired) electrons. The summed E-state index contributed by atoms with van der Waals surface area (Å²) in [7, 11) is 0. The lowest BCUT2D eigenvalue weighted by Crippen LogP contribution is -2.40. The van der Waals surface area contributed by atoms with Gasteiger partial charge in [0.25, 0.3) is 0 Å². The molecular weight excluding hydrogens is 272 g/mol. The van der Waals surface area contributed by atoms with Crippen LogP contribution in [0.4, 0.5) is 0 Å². The number of aromatic nitrogens is 2. The Labute approximate surface area is 117 Å². The highest BCUT2D eigenvalue weighted by atomic mass is 35.5. The molecule has 0 aliphatic carbocycles. The quantitative estimate of drug-likeness (QED) is 0.797. The molecule has 1 atom stereocenters. The van der Waals surface area contributed by atoms with Crippen molar-refractivity contribution in [2.75, 3.05) is 19.7 Å². The second kappa shape index (κ2) is 6.92. The van der Waals surface area contributed by atoms with E-state index in [-0.39, 0.29) is 0 Å². The van der Waals surface area contributed by atoms with E-state index in [1.807, 2.05) is 0 Å². The number of halogens is 1. The van der Waals surface area contributed by atoms with E-state index in [0.29, 0.717) is 16.2 Å². The van der Waals surface area contributed by atoms with Gasteiger partial charge in [-0.2, -0.15) is 5.10 Å². The van der Waals surface area contributed by atoms with Crippen molar-refractivity contribution in [1.82, 2.24) is 20.4 Å². The lowest BCUT2D eigenvalue weighted by molar-refractivity contribution is 0.114. The van der Waals surface area contributed by atoms with Crippen LogP contribution in [0.25, 0.3) is 0 Å². The standard InChI is InChI=1S/C11H17ClN4OS/c12-9-6-15-16(8-9)4-3-13-11(18)14-7-10-2-1-5-17-10/h6,8,10H,1-5,7H2,(H2,13,14,18)/t10-/m1/s1. The van der Waals surface area contributed by atoms with Crippen LogP contribution in [-0.4, -0.2) is 40.7 Å². The Kier molecular flexibility index (Phi) is 5.22. The smallest absolute Gasteiger partial charge is 0.166 e. The number of ether oxygens (including phenoxy) is 1. The fraction of sp³-hybridized carbons (Fsp3) is 0.636. The predicted octanol–water partition coefficient (Wildman–Crippen LogP) is 1.18. The summed E-state index contributed by atoms with van der Waals surface area (Å²) in [6, 6.07) is 0. The van der Waals surface area contributed by atoms with Crippen LogP contribution in [0.15, 0.2) is 12.4 Å². The zero-order chi connectivity index (χ0) is 12.8. The number of rotatable bonds is 5. The third kappa shape index (κ3) is 4.44. The number of nitrogens with zero attached hydrogens (tertiary/aromatic N) is 2. The van der Waals surface area contributed by atoms with Crippen molar-refractivity contribution in [3.63, 3.8) is 0 Å². The maximum absolute atomic E-state index is 5.77. The molecule has 2 N–H and O–H groups in total. The fourth-order valence-electron chi connectivity index (χ4n) is 1.82. The van der Waals surface area contributed by atoms with Crippen LogP contribution < -0.4 is 10.6 Å². The van der Waals surface area contributed by atoms with E-state index in [0.717, 1.165) is 39.1 Å². The van der Waals surface area contributed by atoms with E-state index in [2.05, 4.69) is 15.7 Å². The fourth-order valence-corrected chi connectivity index (χ4v) is 2.16. The van der Waals surface area contributed by atoms with Gasteiger partial charge in [-0.15, -0.1) is 0 Å². The minimum atomic E-state index is 0.301. The van der Waals surface area contributed by atoms with Gasteiger partial charge in [-0.1, -0.05) is 11.6 Å². The van der Waals surface area contributed by atoms with E-state index in [1.54, 1.807) is 17.1 Å². The van der Waals surface area contributed by atoms with Crippen LogP contribution in [0.2, 0.25) is 5.02 Å². The summed E-state index contributed by atoms with van der Waals surface area (Å²) >= 11 is 10.9. The molecule has 7 heteroatoms. The molecule has 1 aliphatic heterocycles. The Morgan fingerprint density at radius 2 is 2.50 bits per heavy atom. The van der Waals surface area contributed by atoms with E-state index < -0.39 is 0 Å². The number of hydrogen-bond acceptors (Lipinski definition) is 3. The summed E-state index contributed by atoms with van der Waals surface area (Å²) in [6.07, 6.45) is 5.96. The van der Waals surface area contributed by atoms with E-state index >= 15 is 0 Å². The number of nitrogens with one attached hydrogen (secondary N) is 2. The first-order valence-electron chi connectivity index (χ1n) is 6.05. The van der Waals surface area contributed by atoms with Gasteiger partial charge in [0.2, 0.25) is 0 Å². The van der Waals surface area contributed by atoms with Gasteiger partial charge in [0.15, 0.2) is 5.11 Å². The van der Waals surface area contributed by atoms with Crippen molar-refractivity contribution < 1.29 is 4.74 Å². The molecule has 2 rings (SSSR count). The molecular formula is C11H17ClN4OS. The van der Waals surface area contributed by atoms with Crippen LogP contribution in [-0.2, 0) is 11.3 Å². The Bertz CT molecular complexity index is 392. The lowest BCUT2D eigenvalue weighted by atomic mass is 10.2. The Morgan fingerprint density at radius 3 is 3.17 bits per heavy atom. The van der Waals surface area contributed by atoms with Crippen LogP contribution in [0.5, 0.6) is 0 Å². The van der Waals surface area contributed by atoms with Crippen molar-refractivity contribution in [3.05, 3.63) is 17.4 Å². The van der Waals surface area contributed by atoms with E-state index in [9.17, 15) is 0 Å². The second-order valence-electron chi connectivity index (χ2n) is 4.19. The SMILES string of the molecule is S=C(NCCn1cc(Cl)cn1)NC[C@H]1CCCO1. The van der Waals surface area contributed by atoms with Gasteiger partial charge in [0, 0.05) is 25.9 Å². The van der Waals surface area contributed by atoms with Gasteiger partial charge < -0.3 is 15.4 Å². The van der Waals surface area contributed by atoms with Crippen molar-refractivity contribution in [2.45, 2.75) is 25.5 Å². The van der Waals surface area contributed by atoms with Crippen LogP contribution in [0, 0.1) is 0 Å². The van der Waals surface area contributed by atoms with Crippen LogP contribution in [0.1, 0.15) is 12.8 Å². The van der Waals surface area contributed by atoms with Gasteiger partial charge in [0.1, 0.15) is 0 Å². The van der Waals surface area contributed by atoms with Gasteiger partial charge >= 0.3 is 0 Å². The molecule has 1 aliphatic rings. The van der Waals surface area contributed by atoms with Gasteiger partial charge in [-0.05, 0) is 25.1 Å². The number of thiocarbonyl (C=S) groups is 1. The molecule has 100 valence electrons. The molecule has 1 fully saturated rings.